The summed E-state index contributed by atoms with van der Waals surface area (Å²) in [7, 11) is -0.318. The van der Waals surface area contributed by atoms with Crippen LogP contribution >= 0.6 is 0 Å². The van der Waals surface area contributed by atoms with E-state index in [1.807, 2.05) is 14.0 Å². The van der Waals surface area contributed by atoms with Gasteiger partial charge in [0, 0.05) is 38.3 Å². The highest BCUT2D eigenvalue weighted by Gasteiger charge is 2.30. The maximum absolute atomic E-state index is 12.9. The molecule has 0 spiro atoms. The molecule has 1 N–H and O–H groups in total. The van der Waals surface area contributed by atoms with E-state index in [2.05, 4.69) is 10.2 Å². The zero-order valence-electron chi connectivity index (χ0n) is 13.7. The first-order valence-corrected chi connectivity index (χ1v) is 8.99. The SMILES string of the molecule is CCNC(=O)c1ccc(OC)c(S(=O)(=O)N2CCN(C)CC2)c1. The van der Waals surface area contributed by atoms with Crippen molar-refractivity contribution in [1.82, 2.24) is 14.5 Å². The highest BCUT2D eigenvalue weighted by Crippen LogP contribution is 2.28. The molecule has 0 atom stereocenters. The van der Waals surface area contributed by atoms with Crippen LogP contribution in [0.3, 0.4) is 0 Å². The number of nitrogens with one attached hydrogen (secondary N) is 1. The third-order valence-corrected chi connectivity index (χ3v) is 5.76. The van der Waals surface area contributed by atoms with Crippen molar-refractivity contribution in [2.24, 2.45) is 0 Å². The van der Waals surface area contributed by atoms with Crippen molar-refractivity contribution in [1.29, 1.82) is 0 Å². The van der Waals surface area contributed by atoms with Gasteiger partial charge in [-0.25, -0.2) is 8.42 Å². The number of amides is 1. The number of sulfonamides is 1. The quantitative estimate of drug-likeness (QED) is 0.838. The Morgan fingerprint density at radius 1 is 1.26 bits per heavy atom. The molecule has 1 aliphatic rings. The first-order valence-electron chi connectivity index (χ1n) is 7.55. The molecule has 0 aromatic heterocycles. The lowest BCUT2D eigenvalue weighted by atomic mass is 10.2. The third-order valence-electron chi connectivity index (χ3n) is 3.84. The average molecular weight is 341 g/mol. The molecule has 0 aliphatic carbocycles. The predicted molar refractivity (Wildman–Crippen MR) is 87.3 cm³/mol. The summed E-state index contributed by atoms with van der Waals surface area (Å²) in [6.07, 6.45) is 0. The van der Waals surface area contributed by atoms with Crippen LogP contribution in [0.2, 0.25) is 0 Å². The molecular weight excluding hydrogens is 318 g/mol. The largest absolute Gasteiger partial charge is 0.495 e. The van der Waals surface area contributed by atoms with Crippen LogP contribution in [0.5, 0.6) is 5.75 Å². The van der Waals surface area contributed by atoms with Crippen LogP contribution in [0.15, 0.2) is 23.1 Å². The monoisotopic (exact) mass is 341 g/mol. The van der Waals surface area contributed by atoms with E-state index in [1.54, 1.807) is 6.07 Å². The van der Waals surface area contributed by atoms with E-state index < -0.39 is 10.0 Å². The van der Waals surface area contributed by atoms with Crippen molar-refractivity contribution in [3.63, 3.8) is 0 Å². The highest BCUT2D eigenvalue weighted by atomic mass is 32.2. The van der Waals surface area contributed by atoms with Gasteiger partial charge in [-0.3, -0.25) is 4.79 Å². The molecule has 1 aliphatic heterocycles. The number of ether oxygens (including phenoxy) is 1. The molecule has 8 heteroatoms. The minimum Gasteiger partial charge on any atom is -0.495 e. The van der Waals surface area contributed by atoms with E-state index >= 15 is 0 Å². The van der Waals surface area contributed by atoms with Crippen LogP contribution in [0.4, 0.5) is 0 Å². The number of hydrogen-bond donors (Lipinski definition) is 1. The molecule has 1 aromatic rings. The van der Waals surface area contributed by atoms with Gasteiger partial charge in [0.15, 0.2) is 0 Å². The molecule has 7 nitrogen and oxygen atoms in total. The van der Waals surface area contributed by atoms with Gasteiger partial charge in [0.25, 0.3) is 5.91 Å². The smallest absolute Gasteiger partial charge is 0.251 e. The summed E-state index contributed by atoms with van der Waals surface area (Å²) in [5.41, 5.74) is 0.306. The molecule has 1 aromatic carbocycles. The van der Waals surface area contributed by atoms with Crippen LogP contribution < -0.4 is 10.1 Å². The predicted octanol–water partition coefficient (Wildman–Crippen LogP) is 0.381. The topological polar surface area (TPSA) is 78.9 Å². The third kappa shape index (κ3) is 3.82. The standard InChI is InChI=1S/C15H23N3O4S/c1-4-16-15(19)12-5-6-13(22-3)14(11-12)23(20,21)18-9-7-17(2)8-10-18/h5-6,11H,4,7-10H2,1-3H3,(H,16,19). The Labute approximate surface area is 137 Å². The number of methoxy groups -OCH3 is 1. The molecule has 0 radical (unpaired) electrons. The van der Waals surface area contributed by atoms with Gasteiger partial charge in [0.1, 0.15) is 10.6 Å². The van der Waals surface area contributed by atoms with Gasteiger partial charge in [0.2, 0.25) is 10.0 Å². The number of benzene rings is 1. The van der Waals surface area contributed by atoms with Crippen molar-refractivity contribution in [3.05, 3.63) is 23.8 Å². The Morgan fingerprint density at radius 2 is 1.91 bits per heavy atom. The Kier molecular flexibility index (Phi) is 5.61. The number of rotatable bonds is 5. The molecule has 1 amide bonds. The van der Waals surface area contributed by atoms with Crippen LogP contribution in [0, 0.1) is 0 Å². The maximum atomic E-state index is 12.9. The fraction of sp³-hybridized carbons (Fsp3) is 0.533. The fourth-order valence-electron chi connectivity index (χ4n) is 2.45. The van der Waals surface area contributed by atoms with E-state index in [0.717, 1.165) is 0 Å². The first kappa shape index (κ1) is 17.7. The summed E-state index contributed by atoms with van der Waals surface area (Å²) in [4.78, 5) is 14.1. The number of carbonyl (C=O) groups excluding carboxylic acids is 1. The second kappa shape index (κ2) is 7.29. The van der Waals surface area contributed by atoms with E-state index in [9.17, 15) is 13.2 Å². The minimum atomic E-state index is -3.70. The molecule has 0 unspecified atom stereocenters. The summed E-state index contributed by atoms with van der Waals surface area (Å²) >= 11 is 0. The lowest BCUT2D eigenvalue weighted by Gasteiger charge is -2.31. The van der Waals surface area contributed by atoms with Crippen molar-refractivity contribution >= 4 is 15.9 Å². The Hall–Kier alpha value is -1.64. The minimum absolute atomic E-state index is 0.0355. The number of piperazine rings is 1. The zero-order chi connectivity index (χ0) is 17.0. The van der Waals surface area contributed by atoms with Crippen LogP contribution in [0.1, 0.15) is 17.3 Å². The van der Waals surface area contributed by atoms with Crippen LogP contribution in [-0.4, -0.2) is 70.4 Å². The Balaban J connectivity index is 2.39. The molecule has 2 rings (SSSR count). The maximum Gasteiger partial charge on any atom is 0.251 e. The molecule has 1 saturated heterocycles. The van der Waals surface area contributed by atoms with Crippen LogP contribution in [-0.2, 0) is 10.0 Å². The second-order valence-electron chi connectivity index (χ2n) is 5.43. The van der Waals surface area contributed by atoms with E-state index in [1.165, 1.54) is 23.5 Å². The van der Waals surface area contributed by atoms with Gasteiger partial charge in [-0.05, 0) is 32.2 Å². The van der Waals surface area contributed by atoms with Gasteiger partial charge < -0.3 is 15.0 Å². The van der Waals surface area contributed by atoms with Crippen molar-refractivity contribution in [3.8, 4) is 5.75 Å². The molecular formula is C15H23N3O4S. The summed E-state index contributed by atoms with van der Waals surface area (Å²) in [5.74, 6) is -0.0537. The fourth-order valence-corrected chi connectivity index (χ4v) is 4.05. The van der Waals surface area contributed by atoms with Gasteiger partial charge >= 0.3 is 0 Å². The number of hydrogen-bond acceptors (Lipinski definition) is 5. The van der Waals surface area contributed by atoms with Crippen molar-refractivity contribution in [2.75, 3.05) is 46.9 Å². The Morgan fingerprint density at radius 3 is 2.48 bits per heavy atom. The molecule has 1 fully saturated rings. The van der Waals surface area contributed by atoms with Gasteiger partial charge in [0.05, 0.1) is 7.11 Å². The summed E-state index contributed by atoms with van der Waals surface area (Å²) < 4.78 is 32.4. The molecule has 1 heterocycles. The van der Waals surface area contributed by atoms with Gasteiger partial charge in [-0.15, -0.1) is 0 Å². The number of carbonyl (C=O) groups is 1. The molecule has 0 saturated carbocycles. The molecule has 0 bridgehead atoms. The lowest BCUT2D eigenvalue weighted by Crippen LogP contribution is -2.47. The normalized spacial score (nSPS) is 17.0. The van der Waals surface area contributed by atoms with E-state index in [4.69, 9.17) is 4.74 Å². The first-order chi connectivity index (χ1) is 10.9. The summed E-state index contributed by atoms with van der Waals surface area (Å²) in [6, 6.07) is 4.47. The highest BCUT2D eigenvalue weighted by molar-refractivity contribution is 7.89. The summed E-state index contributed by atoms with van der Waals surface area (Å²) in [6.45, 7) is 4.49. The zero-order valence-corrected chi connectivity index (χ0v) is 14.5. The van der Waals surface area contributed by atoms with Crippen molar-refractivity contribution < 1.29 is 17.9 Å². The number of likely N-dealkylation sites (N-methyl/N-ethyl adjacent to an activating group) is 1. The second-order valence-corrected chi connectivity index (χ2v) is 7.34. The Bertz CT molecular complexity index is 667. The average Bonchev–Trinajstić information content (AvgIpc) is 2.55. The molecule has 23 heavy (non-hydrogen) atoms. The van der Waals surface area contributed by atoms with Gasteiger partial charge in [-0.2, -0.15) is 4.31 Å². The number of nitrogens with zero attached hydrogens (tertiary/aromatic N) is 2. The lowest BCUT2D eigenvalue weighted by molar-refractivity contribution is 0.0955. The van der Waals surface area contributed by atoms with E-state index in [0.29, 0.717) is 38.3 Å². The van der Waals surface area contributed by atoms with Gasteiger partial charge in [-0.1, -0.05) is 0 Å². The summed E-state index contributed by atoms with van der Waals surface area (Å²) in [5, 5.41) is 2.67. The molecule has 128 valence electrons. The van der Waals surface area contributed by atoms with E-state index in [-0.39, 0.29) is 16.6 Å². The van der Waals surface area contributed by atoms with Crippen molar-refractivity contribution in [2.45, 2.75) is 11.8 Å². The van der Waals surface area contributed by atoms with Crippen LogP contribution in [0.25, 0.3) is 0 Å².